The number of nitrogens with two attached hydrogens (primary N) is 1. The highest BCUT2D eigenvalue weighted by Gasteiger charge is 2.25. The maximum atomic E-state index is 12.3. The molecular formula is C18H28N2O. The van der Waals surface area contributed by atoms with Crippen LogP contribution in [-0.2, 0) is 4.79 Å². The van der Waals surface area contributed by atoms with Crippen molar-refractivity contribution >= 4 is 5.91 Å². The highest BCUT2D eigenvalue weighted by atomic mass is 16.1. The Morgan fingerprint density at radius 3 is 2.76 bits per heavy atom. The molecule has 0 spiro atoms. The first-order chi connectivity index (χ1) is 10.1. The lowest BCUT2D eigenvalue weighted by atomic mass is 9.84. The van der Waals surface area contributed by atoms with Gasteiger partial charge in [-0.05, 0) is 49.3 Å². The van der Waals surface area contributed by atoms with Crippen LogP contribution in [0.4, 0.5) is 0 Å². The van der Waals surface area contributed by atoms with Crippen LogP contribution in [0.3, 0.4) is 0 Å². The molecular weight excluding hydrogens is 260 g/mol. The Labute approximate surface area is 128 Å². The molecule has 1 saturated carbocycles. The maximum absolute atomic E-state index is 12.3. The standard InChI is InChI=1S/C18H28N2O/c1-13-7-3-5-9-16(13)14(2)11-18(21)20-17-10-6-4-8-15(17)12-19/h3,5,7,9,14-15,17H,4,6,8,10-12,19H2,1-2H3,(H,20,21). The predicted octanol–water partition coefficient (Wildman–Crippen LogP) is 3.12. The van der Waals surface area contributed by atoms with E-state index in [1.54, 1.807) is 0 Å². The molecule has 1 aliphatic carbocycles. The van der Waals surface area contributed by atoms with Gasteiger partial charge in [0, 0.05) is 12.5 Å². The van der Waals surface area contributed by atoms with E-state index in [4.69, 9.17) is 5.73 Å². The van der Waals surface area contributed by atoms with Gasteiger partial charge < -0.3 is 11.1 Å². The van der Waals surface area contributed by atoms with Gasteiger partial charge in [-0.15, -0.1) is 0 Å². The second kappa shape index (κ2) is 7.60. The van der Waals surface area contributed by atoms with Crippen molar-refractivity contribution in [3.05, 3.63) is 35.4 Å². The summed E-state index contributed by atoms with van der Waals surface area (Å²) in [6.45, 7) is 4.91. The number of rotatable bonds is 5. The van der Waals surface area contributed by atoms with Gasteiger partial charge in [-0.2, -0.15) is 0 Å². The van der Waals surface area contributed by atoms with Crippen LogP contribution >= 0.6 is 0 Å². The average molecular weight is 288 g/mol. The molecule has 0 aliphatic heterocycles. The molecule has 0 bridgehead atoms. The number of carbonyl (C=O) groups excluding carboxylic acids is 1. The first-order valence-corrected chi connectivity index (χ1v) is 8.16. The summed E-state index contributed by atoms with van der Waals surface area (Å²) in [6.07, 6.45) is 5.22. The van der Waals surface area contributed by atoms with E-state index in [0.717, 1.165) is 12.8 Å². The van der Waals surface area contributed by atoms with Crippen molar-refractivity contribution in [2.75, 3.05) is 6.54 Å². The summed E-state index contributed by atoms with van der Waals surface area (Å²) < 4.78 is 0. The number of carbonyl (C=O) groups is 1. The van der Waals surface area contributed by atoms with Crippen LogP contribution in [0.5, 0.6) is 0 Å². The van der Waals surface area contributed by atoms with E-state index in [1.807, 2.05) is 12.1 Å². The monoisotopic (exact) mass is 288 g/mol. The van der Waals surface area contributed by atoms with E-state index in [-0.39, 0.29) is 17.9 Å². The average Bonchev–Trinajstić information content (AvgIpc) is 2.48. The molecule has 3 N–H and O–H groups in total. The van der Waals surface area contributed by atoms with E-state index in [1.165, 1.54) is 24.0 Å². The number of hydrogen-bond donors (Lipinski definition) is 2. The molecule has 1 amide bonds. The van der Waals surface area contributed by atoms with E-state index >= 15 is 0 Å². The van der Waals surface area contributed by atoms with Gasteiger partial charge in [0.1, 0.15) is 0 Å². The summed E-state index contributed by atoms with van der Waals surface area (Å²) in [5, 5.41) is 3.22. The zero-order valence-corrected chi connectivity index (χ0v) is 13.3. The second-order valence-corrected chi connectivity index (χ2v) is 6.42. The number of aryl methyl sites for hydroxylation is 1. The lowest BCUT2D eigenvalue weighted by Crippen LogP contribution is -2.44. The van der Waals surface area contributed by atoms with Crippen molar-refractivity contribution in [3.63, 3.8) is 0 Å². The Balaban J connectivity index is 1.90. The van der Waals surface area contributed by atoms with Crippen molar-refractivity contribution in [1.82, 2.24) is 5.32 Å². The molecule has 3 nitrogen and oxygen atoms in total. The number of amides is 1. The van der Waals surface area contributed by atoms with Crippen LogP contribution in [0.1, 0.15) is 56.1 Å². The van der Waals surface area contributed by atoms with Crippen LogP contribution in [0.2, 0.25) is 0 Å². The van der Waals surface area contributed by atoms with Crippen LogP contribution < -0.4 is 11.1 Å². The van der Waals surface area contributed by atoms with Gasteiger partial charge in [-0.25, -0.2) is 0 Å². The summed E-state index contributed by atoms with van der Waals surface area (Å²) in [5.74, 6) is 0.874. The largest absolute Gasteiger partial charge is 0.353 e. The summed E-state index contributed by atoms with van der Waals surface area (Å²) in [6, 6.07) is 8.59. The fourth-order valence-corrected chi connectivity index (χ4v) is 3.47. The van der Waals surface area contributed by atoms with Crippen molar-refractivity contribution in [2.24, 2.45) is 11.7 Å². The van der Waals surface area contributed by atoms with Gasteiger partial charge in [-0.3, -0.25) is 4.79 Å². The predicted molar refractivity (Wildman–Crippen MR) is 87.2 cm³/mol. The second-order valence-electron chi connectivity index (χ2n) is 6.42. The summed E-state index contributed by atoms with van der Waals surface area (Å²) in [4.78, 5) is 12.3. The molecule has 116 valence electrons. The van der Waals surface area contributed by atoms with Crippen LogP contribution in [0.15, 0.2) is 24.3 Å². The number of hydrogen-bond acceptors (Lipinski definition) is 2. The Morgan fingerprint density at radius 2 is 2.05 bits per heavy atom. The normalized spacial score (nSPS) is 23.6. The van der Waals surface area contributed by atoms with Crippen molar-refractivity contribution in [2.45, 2.75) is 57.9 Å². The van der Waals surface area contributed by atoms with Crippen molar-refractivity contribution in [3.8, 4) is 0 Å². The Bertz CT molecular complexity index is 472. The summed E-state index contributed by atoms with van der Waals surface area (Å²) in [5.41, 5.74) is 8.36. The molecule has 0 aromatic heterocycles. The van der Waals surface area contributed by atoms with E-state index in [9.17, 15) is 4.79 Å². The summed E-state index contributed by atoms with van der Waals surface area (Å²) in [7, 11) is 0. The topological polar surface area (TPSA) is 55.1 Å². The molecule has 1 aromatic rings. The molecule has 3 atom stereocenters. The SMILES string of the molecule is Cc1ccccc1C(C)CC(=O)NC1CCCCC1CN. The van der Waals surface area contributed by atoms with Crippen molar-refractivity contribution in [1.29, 1.82) is 0 Å². The molecule has 3 heteroatoms. The molecule has 3 unspecified atom stereocenters. The maximum Gasteiger partial charge on any atom is 0.220 e. The molecule has 1 aliphatic rings. The molecule has 1 aromatic carbocycles. The van der Waals surface area contributed by atoms with Gasteiger partial charge in [0.25, 0.3) is 0 Å². The zero-order chi connectivity index (χ0) is 15.2. The zero-order valence-electron chi connectivity index (χ0n) is 13.3. The number of nitrogens with one attached hydrogen (secondary N) is 1. The van der Waals surface area contributed by atoms with Gasteiger partial charge >= 0.3 is 0 Å². The molecule has 21 heavy (non-hydrogen) atoms. The lowest BCUT2D eigenvalue weighted by Gasteiger charge is -2.31. The first-order valence-electron chi connectivity index (χ1n) is 8.16. The third-order valence-corrected chi connectivity index (χ3v) is 4.77. The third-order valence-electron chi connectivity index (χ3n) is 4.77. The smallest absolute Gasteiger partial charge is 0.220 e. The highest BCUT2D eigenvalue weighted by Crippen LogP contribution is 2.25. The van der Waals surface area contributed by atoms with Gasteiger partial charge in [0.2, 0.25) is 5.91 Å². The van der Waals surface area contributed by atoms with Gasteiger partial charge in [-0.1, -0.05) is 44.0 Å². The van der Waals surface area contributed by atoms with Gasteiger partial charge in [0.15, 0.2) is 0 Å². The van der Waals surface area contributed by atoms with Crippen LogP contribution in [-0.4, -0.2) is 18.5 Å². The Morgan fingerprint density at radius 1 is 1.33 bits per heavy atom. The summed E-state index contributed by atoms with van der Waals surface area (Å²) >= 11 is 0. The lowest BCUT2D eigenvalue weighted by molar-refractivity contribution is -0.122. The van der Waals surface area contributed by atoms with E-state index in [2.05, 4.69) is 31.3 Å². The highest BCUT2D eigenvalue weighted by molar-refractivity contribution is 5.77. The fourth-order valence-electron chi connectivity index (χ4n) is 3.47. The Hall–Kier alpha value is -1.35. The quantitative estimate of drug-likeness (QED) is 0.874. The molecule has 0 heterocycles. The minimum absolute atomic E-state index is 0.163. The van der Waals surface area contributed by atoms with Crippen LogP contribution in [0.25, 0.3) is 0 Å². The van der Waals surface area contributed by atoms with E-state index in [0.29, 0.717) is 18.9 Å². The minimum Gasteiger partial charge on any atom is -0.353 e. The van der Waals surface area contributed by atoms with Crippen molar-refractivity contribution < 1.29 is 4.79 Å². The van der Waals surface area contributed by atoms with Gasteiger partial charge in [0.05, 0.1) is 0 Å². The molecule has 2 rings (SSSR count). The third kappa shape index (κ3) is 4.31. The molecule has 1 fully saturated rings. The molecule has 0 radical (unpaired) electrons. The van der Waals surface area contributed by atoms with Crippen LogP contribution in [0, 0.1) is 12.8 Å². The van der Waals surface area contributed by atoms with E-state index < -0.39 is 0 Å². The minimum atomic E-state index is 0.163. The number of benzene rings is 1. The molecule has 0 saturated heterocycles. The Kier molecular flexibility index (Phi) is 5.80. The fraction of sp³-hybridized carbons (Fsp3) is 0.611. The first kappa shape index (κ1) is 16.0.